The zero-order valence-corrected chi connectivity index (χ0v) is 10.7. The number of carbonyl (C=O) groups is 1. The van der Waals surface area contributed by atoms with Gasteiger partial charge in [-0.2, -0.15) is 0 Å². The van der Waals surface area contributed by atoms with Crippen LogP contribution in [0, 0.1) is 0 Å². The highest BCUT2D eigenvalue weighted by molar-refractivity contribution is 5.69. The predicted molar refractivity (Wildman–Crippen MR) is 66.8 cm³/mol. The lowest BCUT2D eigenvalue weighted by molar-refractivity contribution is -0.140. The molecule has 0 saturated carbocycles. The summed E-state index contributed by atoms with van der Waals surface area (Å²) in [6.45, 7) is 5.73. The number of nitrogens with zero attached hydrogens (tertiary/aromatic N) is 1. The second-order valence-electron chi connectivity index (χ2n) is 4.63. The molecule has 0 fully saturated rings. The van der Waals surface area contributed by atoms with Gasteiger partial charge in [-0.15, -0.1) is 0 Å². The molecule has 0 amide bonds. The maximum atomic E-state index is 10.9. The standard InChI is InChI=1S/C13H20N2O2/c1-13(2,11-5-4-7-14-9-11)10-15-8-6-12(16)17-3/h4-5,7,9,15H,6,8,10H2,1-3H3. The number of aromatic nitrogens is 1. The van der Waals surface area contributed by atoms with Crippen LogP contribution in [0.15, 0.2) is 24.5 Å². The van der Waals surface area contributed by atoms with Gasteiger partial charge in [-0.25, -0.2) is 0 Å². The first-order chi connectivity index (χ1) is 8.06. The third kappa shape index (κ3) is 4.53. The molecule has 0 spiro atoms. The molecule has 0 aliphatic rings. The first-order valence-corrected chi connectivity index (χ1v) is 5.74. The molecule has 0 unspecified atom stereocenters. The molecule has 4 heteroatoms. The van der Waals surface area contributed by atoms with E-state index in [1.54, 1.807) is 6.20 Å². The second kappa shape index (κ2) is 6.35. The van der Waals surface area contributed by atoms with Crippen LogP contribution in [0.1, 0.15) is 25.8 Å². The molecule has 4 nitrogen and oxygen atoms in total. The van der Waals surface area contributed by atoms with Crippen LogP contribution in [0.25, 0.3) is 0 Å². The lowest BCUT2D eigenvalue weighted by atomic mass is 9.86. The molecule has 17 heavy (non-hydrogen) atoms. The van der Waals surface area contributed by atoms with Gasteiger partial charge in [-0.1, -0.05) is 19.9 Å². The van der Waals surface area contributed by atoms with Gasteiger partial charge in [0.15, 0.2) is 0 Å². The van der Waals surface area contributed by atoms with Gasteiger partial charge in [0, 0.05) is 30.9 Å². The van der Waals surface area contributed by atoms with E-state index >= 15 is 0 Å². The van der Waals surface area contributed by atoms with E-state index in [1.807, 2.05) is 12.3 Å². The average molecular weight is 236 g/mol. The predicted octanol–water partition coefficient (Wildman–Crippen LogP) is 1.51. The fraction of sp³-hybridized carbons (Fsp3) is 0.538. The molecular formula is C13H20N2O2. The highest BCUT2D eigenvalue weighted by atomic mass is 16.5. The second-order valence-corrected chi connectivity index (χ2v) is 4.63. The van der Waals surface area contributed by atoms with Crippen LogP contribution in [-0.2, 0) is 14.9 Å². The smallest absolute Gasteiger partial charge is 0.306 e. The number of carbonyl (C=O) groups excluding carboxylic acids is 1. The summed E-state index contributed by atoms with van der Waals surface area (Å²) >= 11 is 0. The van der Waals surface area contributed by atoms with Crippen molar-refractivity contribution in [2.45, 2.75) is 25.7 Å². The Balaban J connectivity index is 2.38. The fourth-order valence-corrected chi connectivity index (χ4v) is 1.56. The van der Waals surface area contributed by atoms with Gasteiger partial charge in [-0.05, 0) is 11.6 Å². The number of hydrogen-bond acceptors (Lipinski definition) is 4. The van der Waals surface area contributed by atoms with Crippen molar-refractivity contribution >= 4 is 5.97 Å². The molecule has 0 atom stereocenters. The number of ether oxygens (including phenoxy) is 1. The Hall–Kier alpha value is -1.42. The average Bonchev–Trinajstić information content (AvgIpc) is 2.35. The van der Waals surface area contributed by atoms with Gasteiger partial charge in [0.05, 0.1) is 13.5 Å². The maximum Gasteiger partial charge on any atom is 0.306 e. The van der Waals surface area contributed by atoms with E-state index < -0.39 is 0 Å². The lowest BCUT2D eigenvalue weighted by Gasteiger charge is -2.25. The largest absolute Gasteiger partial charge is 0.469 e. The van der Waals surface area contributed by atoms with Crippen molar-refractivity contribution in [2.24, 2.45) is 0 Å². The van der Waals surface area contributed by atoms with Crippen LogP contribution < -0.4 is 5.32 Å². The maximum absolute atomic E-state index is 10.9. The van der Waals surface area contributed by atoms with E-state index in [-0.39, 0.29) is 11.4 Å². The van der Waals surface area contributed by atoms with Gasteiger partial charge in [0.25, 0.3) is 0 Å². The Morgan fingerprint density at radius 2 is 2.29 bits per heavy atom. The highest BCUT2D eigenvalue weighted by Gasteiger charge is 2.19. The summed E-state index contributed by atoms with van der Waals surface area (Å²) < 4.78 is 4.58. The fourth-order valence-electron chi connectivity index (χ4n) is 1.56. The van der Waals surface area contributed by atoms with E-state index in [4.69, 9.17) is 0 Å². The molecule has 0 aliphatic carbocycles. The Morgan fingerprint density at radius 1 is 1.53 bits per heavy atom. The Bertz CT molecular complexity index is 350. The van der Waals surface area contributed by atoms with Crippen molar-refractivity contribution in [3.8, 4) is 0 Å². The van der Waals surface area contributed by atoms with Crippen LogP contribution in [0.2, 0.25) is 0 Å². The summed E-state index contributed by atoms with van der Waals surface area (Å²) in [5, 5.41) is 3.26. The zero-order valence-electron chi connectivity index (χ0n) is 10.7. The van der Waals surface area contributed by atoms with E-state index in [9.17, 15) is 4.79 Å². The van der Waals surface area contributed by atoms with Crippen LogP contribution in [0.3, 0.4) is 0 Å². The highest BCUT2D eigenvalue weighted by Crippen LogP contribution is 2.20. The van der Waals surface area contributed by atoms with Gasteiger partial charge < -0.3 is 10.1 Å². The molecule has 1 rings (SSSR count). The van der Waals surface area contributed by atoms with Gasteiger partial charge in [-0.3, -0.25) is 9.78 Å². The Labute approximate surface area is 102 Å². The zero-order chi connectivity index (χ0) is 12.7. The van der Waals surface area contributed by atoms with Crippen molar-refractivity contribution in [1.29, 1.82) is 0 Å². The van der Waals surface area contributed by atoms with Crippen molar-refractivity contribution in [2.75, 3.05) is 20.2 Å². The quantitative estimate of drug-likeness (QED) is 0.601. The van der Waals surface area contributed by atoms with Gasteiger partial charge in [0.1, 0.15) is 0 Å². The first kappa shape index (κ1) is 13.6. The van der Waals surface area contributed by atoms with Crippen molar-refractivity contribution < 1.29 is 9.53 Å². The van der Waals surface area contributed by atoms with Crippen molar-refractivity contribution in [1.82, 2.24) is 10.3 Å². The molecule has 0 aliphatic heterocycles. The summed E-state index contributed by atoms with van der Waals surface area (Å²) in [4.78, 5) is 15.1. The Morgan fingerprint density at radius 3 is 2.88 bits per heavy atom. The minimum absolute atomic E-state index is 0.00434. The SMILES string of the molecule is COC(=O)CCNCC(C)(C)c1cccnc1. The van der Waals surface area contributed by atoms with E-state index in [2.05, 4.69) is 35.0 Å². The number of rotatable bonds is 6. The molecular weight excluding hydrogens is 216 g/mol. The van der Waals surface area contributed by atoms with E-state index in [0.717, 1.165) is 6.54 Å². The molecule has 1 heterocycles. The van der Waals surface area contributed by atoms with Crippen LogP contribution in [0.4, 0.5) is 0 Å². The minimum atomic E-state index is -0.184. The summed E-state index contributed by atoms with van der Waals surface area (Å²) in [5.41, 5.74) is 1.19. The number of nitrogens with one attached hydrogen (secondary N) is 1. The molecule has 1 N–H and O–H groups in total. The molecule has 1 aromatic heterocycles. The lowest BCUT2D eigenvalue weighted by Crippen LogP contribution is -2.34. The normalized spacial score (nSPS) is 11.2. The van der Waals surface area contributed by atoms with Crippen LogP contribution >= 0.6 is 0 Å². The van der Waals surface area contributed by atoms with Crippen LogP contribution in [0.5, 0.6) is 0 Å². The van der Waals surface area contributed by atoms with E-state index in [1.165, 1.54) is 12.7 Å². The molecule has 94 valence electrons. The molecule has 0 aromatic carbocycles. The number of esters is 1. The minimum Gasteiger partial charge on any atom is -0.469 e. The first-order valence-electron chi connectivity index (χ1n) is 5.74. The molecule has 1 aromatic rings. The molecule has 0 radical (unpaired) electrons. The number of pyridine rings is 1. The summed E-state index contributed by atoms with van der Waals surface area (Å²) in [5.74, 6) is -0.184. The third-order valence-electron chi connectivity index (χ3n) is 2.74. The Kier molecular flexibility index (Phi) is 5.10. The monoisotopic (exact) mass is 236 g/mol. The summed E-state index contributed by atoms with van der Waals surface area (Å²) in [7, 11) is 1.40. The van der Waals surface area contributed by atoms with Crippen molar-refractivity contribution in [3.63, 3.8) is 0 Å². The summed E-state index contributed by atoms with van der Waals surface area (Å²) in [6.07, 6.45) is 4.05. The topological polar surface area (TPSA) is 51.2 Å². The third-order valence-corrected chi connectivity index (χ3v) is 2.74. The molecule has 0 saturated heterocycles. The van der Waals surface area contributed by atoms with E-state index in [0.29, 0.717) is 13.0 Å². The summed E-state index contributed by atoms with van der Waals surface area (Å²) in [6, 6.07) is 4.00. The van der Waals surface area contributed by atoms with Crippen LogP contribution in [-0.4, -0.2) is 31.2 Å². The number of methoxy groups -OCH3 is 1. The van der Waals surface area contributed by atoms with Gasteiger partial charge in [0.2, 0.25) is 0 Å². The molecule has 0 bridgehead atoms. The van der Waals surface area contributed by atoms with Gasteiger partial charge >= 0.3 is 5.97 Å². The van der Waals surface area contributed by atoms with Crippen molar-refractivity contribution in [3.05, 3.63) is 30.1 Å². The number of hydrogen-bond donors (Lipinski definition) is 1.